The van der Waals surface area contributed by atoms with Crippen LogP contribution < -0.4 is 10.2 Å². The van der Waals surface area contributed by atoms with Gasteiger partial charge in [-0.05, 0) is 44.0 Å². The standard InChI is InChI=1S/C18H21N3O2/c1-13-2-4-15(5-3-13)21-10-8-14(9-11-21)18(23)20-17-7-6-16(22)12-19-17/h2-7,12,14,22H,8-11H2,1H3,(H,19,20,23). The summed E-state index contributed by atoms with van der Waals surface area (Å²) in [5.41, 5.74) is 2.47. The lowest BCUT2D eigenvalue weighted by Gasteiger charge is -2.33. The molecule has 0 spiro atoms. The number of nitrogens with zero attached hydrogens (tertiary/aromatic N) is 2. The Morgan fingerprint density at radius 2 is 1.87 bits per heavy atom. The molecule has 0 bridgehead atoms. The van der Waals surface area contributed by atoms with Crippen LogP contribution in [0.5, 0.6) is 5.75 Å². The zero-order valence-corrected chi connectivity index (χ0v) is 13.2. The first-order valence-electron chi connectivity index (χ1n) is 7.89. The number of hydrogen-bond donors (Lipinski definition) is 2. The molecule has 1 saturated heterocycles. The van der Waals surface area contributed by atoms with E-state index in [9.17, 15) is 9.90 Å². The Morgan fingerprint density at radius 3 is 2.48 bits per heavy atom. The third-order valence-electron chi connectivity index (χ3n) is 4.26. The Bertz CT molecular complexity index is 660. The van der Waals surface area contributed by atoms with Crippen LogP contribution in [0.3, 0.4) is 0 Å². The molecule has 1 aliphatic heterocycles. The Kier molecular flexibility index (Phi) is 4.46. The van der Waals surface area contributed by atoms with E-state index in [2.05, 4.69) is 46.4 Å². The van der Waals surface area contributed by atoms with E-state index >= 15 is 0 Å². The molecule has 23 heavy (non-hydrogen) atoms. The van der Waals surface area contributed by atoms with Crippen molar-refractivity contribution in [2.75, 3.05) is 23.3 Å². The summed E-state index contributed by atoms with van der Waals surface area (Å²) in [4.78, 5) is 18.6. The fourth-order valence-corrected chi connectivity index (χ4v) is 2.84. The number of rotatable bonds is 3. The molecule has 1 aromatic heterocycles. The first kappa shape index (κ1) is 15.3. The van der Waals surface area contributed by atoms with Gasteiger partial charge < -0.3 is 15.3 Å². The van der Waals surface area contributed by atoms with Gasteiger partial charge in [-0.15, -0.1) is 0 Å². The second-order valence-electron chi connectivity index (χ2n) is 5.99. The van der Waals surface area contributed by atoms with Crippen LogP contribution in [0.2, 0.25) is 0 Å². The zero-order valence-electron chi connectivity index (χ0n) is 13.2. The fraction of sp³-hybridized carbons (Fsp3) is 0.333. The molecule has 1 amide bonds. The maximum absolute atomic E-state index is 12.3. The first-order chi connectivity index (χ1) is 11.1. The van der Waals surface area contributed by atoms with Crippen molar-refractivity contribution in [1.29, 1.82) is 0 Å². The van der Waals surface area contributed by atoms with Crippen LogP contribution in [0.25, 0.3) is 0 Å². The summed E-state index contributed by atoms with van der Waals surface area (Å²) in [7, 11) is 0. The van der Waals surface area contributed by atoms with Crippen molar-refractivity contribution < 1.29 is 9.90 Å². The number of anilines is 2. The maximum Gasteiger partial charge on any atom is 0.228 e. The van der Waals surface area contributed by atoms with E-state index < -0.39 is 0 Å². The van der Waals surface area contributed by atoms with Crippen LogP contribution in [-0.4, -0.2) is 29.1 Å². The summed E-state index contributed by atoms with van der Waals surface area (Å²) in [5.74, 6) is 0.585. The molecule has 5 nitrogen and oxygen atoms in total. The van der Waals surface area contributed by atoms with E-state index in [1.54, 1.807) is 6.07 Å². The molecule has 0 radical (unpaired) electrons. The molecule has 2 aromatic rings. The second kappa shape index (κ2) is 6.69. The first-order valence-corrected chi connectivity index (χ1v) is 7.89. The van der Waals surface area contributed by atoms with Crippen LogP contribution in [0, 0.1) is 12.8 Å². The predicted octanol–water partition coefficient (Wildman–Crippen LogP) is 2.95. The van der Waals surface area contributed by atoms with Crippen LogP contribution in [-0.2, 0) is 4.79 Å². The number of amides is 1. The third kappa shape index (κ3) is 3.80. The quantitative estimate of drug-likeness (QED) is 0.914. The van der Waals surface area contributed by atoms with Gasteiger partial charge in [0.05, 0.1) is 6.20 Å². The van der Waals surface area contributed by atoms with Crippen LogP contribution in [0.15, 0.2) is 42.6 Å². The van der Waals surface area contributed by atoms with Gasteiger partial charge >= 0.3 is 0 Å². The highest BCUT2D eigenvalue weighted by atomic mass is 16.3. The second-order valence-corrected chi connectivity index (χ2v) is 5.99. The van der Waals surface area contributed by atoms with E-state index in [1.807, 2.05) is 0 Å². The summed E-state index contributed by atoms with van der Waals surface area (Å²) in [6, 6.07) is 11.6. The normalized spacial score (nSPS) is 15.4. The maximum atomic E-state index is 12.3. The fourth-order valence-electron chi connectivity index (χ4n) is 2.84. The number of nitrogens with one attached hydrogen (secondary N) is 1. The monoisotopic (exact) mass is 311 g/mol. The van der Waals surface area contributed by atoms with Crippen molar-refractivity contribution in [2.24, 2.45) is 5.92 Å². The predicted molar refractivity (Wildman–Crippen MR) is 90.6 cm³/mol. The minimum Gasteiger partial charge on any atom is -0.506 e. The number of hydrogen-bond acceptors (Lipinski definition) is 4. The van der Waals surface area contributed by atoms with Crippen LogP contribution in [0.4, 0.5) is 11.5 Å². The number of aromatic hydroxyl groups is 1. The number of carbonyl (C=O) groups is 1. The molecule has 0 unspecified atom stereocenters. The van der Waals surface area contributed by atoms with Gasteiger partial charge in [0, 0.05) is 24.7 Å². The molecule has 5 heteroatoms. The summed E-state index contributed by atoms with van der Waals surface area (Å²) in [6.07, 6.45) is 2.99. The lowest BCUT2D eigenvalue weighted by Crippen LogP contribution is -2.38. The highest BCUT2D eigenvalue weighted by Crippen LogP contribution is 2.24. The van der Waals surface area contributed by atoms with E-state index in [1.165, 1.54) is 23.5 Å². The minimum atomic E-state index is 0.00625. The smallest absolute Gasteiger partial charge is 0.228 e. The van der Waals surface area contributed by atoms with Crippen molar-refractivity contribution >= 4 is 17.4 Å². The number of aryl methyl sites for hydroxylation is 1. The van der Waals surface area contributed by atoms with Crippen molar-refractivity contribution in [3.63, 3.8) is 0 Å². The summed E-state index contributed by atoms with van der Waals surface area (Å²) >= 11 is 0. The van der Waals surface area contributed by atoms with Crippen molar-refractivity contribution in [2.45, 2.75) is 19.8 Å². The highest BCUT2D eigenvalue weighted by Gasteiger charge is 2.25. The highest BCUT2D eigenvalue weighted by molar-refractivity contribution is 5.91. The van der Waals surface area contributed by atoms with Gasteiger partial charge in [0.2, 0.25) is 5.91 Å². The number of benzene rings is 1. The van der Waals surface area contributed by atoms with Gasteiger partial charge in [-0.2, -0.15) is 0 Å². The van der Waals surface area contributed by atoms with E-state index in [0.29, 0.717) is 5.82 Å². The molecule has 1 aliphatic rings. The van der Waals surface area contributed by atoms with Crippen molar-refractivity contribution in [3.8, 4) is 5.75 Å². The molecule has 120 valence electrons. The van der Waals surface area contributed by atoms with E-state index in [0.717, 1.165) is 25.9 Å². The van der Waals surface area contributed by atoms with E-state index in [-0.39, 0.29) is 17.6 Å². The Balaban J connectivity index is 1.54. The third-order valence-corrected chi connectivity index (χ3v) is 4.26. The molecular formula is C18H21N3O2. The summed E-state index contributed by atoms with van der Waals surface area (Å²) in [5, 5.41) is 12.0. The van der Waals surface area contributed by atoms with Crippen LogP contribution in [0.1, 0.15) is 18.4 Å². The number of pyridine rings is 1. The molecular weight excluding hydrogens is 290 g/mol. The molecule has 0 saturated carbocycles. The van der Waals surface area contributed by atoms with Crippen LogP contribution >= 0.6 is 0 Å². The molecule has 2 heterocycles. The molecule has 1 aromatic carbocycles. The Hall–Kier alpha value is -2.56. The number of piperidine rings is 1. The zero-order chi connectivity index (χ0) is 16.2. The van der Waals surface area contributed by atoms with Gasteiger partial charge in [-0.1, -0.05) is 17.7 Å². The molecule has 1 fully saturated rings. The Labute approximate surface area is 136 Å². The number of aromatic nitrogens is 1. The average Bonchev–Trinajstić information content (AvgIpc) is 2.58. The van der Waals surface area contributed by atoms with Gasteiger partial charge in [0.25, 0.3) is 0 Å². The molecule has 0 atom stereocenters. The summed E-state index contributed by atoms with van der Waals surface area (Å²) in [6.45, 7) is 3.84. The minimum absolute atomic E-state index is 0.00625. The average molecular weight is 311 g/mol. The number of carbonyl (C=O) groups excluding carboxylic acids is 1. The molecule has 2 N–H and O–H groups in total. The van der Waals surface area contributed by atoms with Gasteiger partial charge in [0.1, 0.15) is 11.6 Å². The molecule has 3 rings (SSSR count). The lowest BCUT2D eigenvalue weighted by atomic mass is 9.95. The molecule has 0 aliphatic carbocycles. The van der Waals surface area contributed by atoms with Gasteiger partial charge in [0.15, 0.2) is 0 Å². The van der Waals surface area contributed by atoms with E-state index in [4.69, 9.17) is 0 Å². The van der Waals surface area contributed by atoms with Crippen molar-refractivity contribution in [1.82, 2.24) is 4.98 Å². The summed E-state index contributed by atoms with van der Waals surface area (Å²) < 4.78 is 0. The SMILES string of the molecule is Cc1ccc(N2CCC(C(=O)Nc3ccc(O)cn3)CC2)cc1. The largest absolute Gasteiger partial charge is 0.506 e. The van der Waals surface area contributed by atoms with Gasteiger partial charge in [-0.3, -0.25) is 4.79 Å². The lowest BCUT2D eigenvalue weighted by molar-refractivity contribution is -0.120. The topological polar surface area (TPSA) is 65.5 Å². The van der Waals surface area contributed by atoms with Gasteiger partial charge in [-0.25, -0.2) is 4.98 Å². The Morgan fingerprint density at radius 1 is 1.17 bits per heavy atom. The van der Waals surface area contributed by atoms with Crippen molar-refractivity contribution in [3.05, 3.63) is 48.2 Å².